The molecule has 0 amide bonds. The Bertz CT molecular complexity index is 616. The second-order valence-corrected chi connectivity index (χ2v) is 5.01. The lowest BCUT2D eigenvalue weighted by molar-refractivity contribution is 0.153. The highest BCUT2D eigenvalue weighted by atomic mass is 16.5. The Labute approximate surface area is 119 Å². The van der Waals surface area contributed by atoms with E-state index >= 15 is 0 Å². The van der Waals surface area contributed by atoms with E-state index in [-0.39, 0.29) is 6.10 Å². The molecule has 2 aromatic carbocycles. The fourth-order valence-corrected chi connectivity index (χ4v) is 2.55. The maximum absolute atomic E-state index is 10.3. The van der Waals surface area contributed by atoms with Gasteiger partial charge in [0.15, 0.2) is 0 Å². The van der Waals surface area contributed by atoms with Crippen LogP contribution in [0.3, 0.4) is 0 Å². The lowest BCUT2D eigenvalue weighted by Gasteiger charge is -2.30. The van der Waals surface area contributed by atoms with E-state index in [1.54, 1.807) is 0 Å². The van der Waals surface area contributed by atoms with Gasteiger partial charge in [0.05, 0.1) is 6.10 Å². The number of rotatable bonds is 3. The normalized spacial score (nSPS) is 18.7. The molecule has 0 unspecified atom stereocenters. The van der Waals surface area contributed by atoms with Gasteiger partial charge >= 0.3 is 0 Å². The summed E-state index contributed by atoms with van der Waals surface area (Å²) in [6.45, 7) is 1.98. The van der Waals surface area contributed by atoms with Crippen LogP contribution in [0.15, 0.2) is 60.2 Å². The molecule has 1 heterocycles. The molecule has 0 bridgehead atoms. The quantitative estimate of drug-likeness (QED) is 0.910. The van der Waals surface area contributed by atoms with Gasteiger partial charge in [-0.1, -0.05) is 55.5 Å². The van der Waals surface area contributed by atoms with Crippen molar-refractivity contribution in [2.75, 3.05) is 0 Å². The topological polar surface area (TPSA) is 29.5 Å². The Balaban J connectivity index is 2.06. The third-order valence-electron chi connectivity index (χ3n) is 3.66. The molecule has 0 fully saturated rings. The summed E-state index contributed by atoms with van der Waals surface area (Å²) in [5, 5.41) is 10.3. The predicted molar refractivity (Wildman–Crippen MR) is 80.5 cm³/mol. The molecule has 1 aliphatic heterocycles. The number of hydrogen-bond acceptors (Lipinski definition) is 2. The van der Waals surface area contributed by atoms with Crippen molar-refractivity contribution in [3.8, 4) is 5.75 Å². The summed E-state index contributed by atoms with van der Waals surface area (Å²) in [5.74, 6) is 0.869. The van der Waals surface area contributed by atoms with Gasteiger partial charge in [-0.05, 0) is 24.1 Å². The van der Waals surface area contributed by atoms with E-state index in [1.165, 1.54) is 0 Å². The number of para-hydroxylation sites is 1. The number of aliphatic hydroxyl groups is 1. The lowest BCUT2D eigenvalue weighted by atomic mass is 9.91. The van der Waals surface area contributed by atoms with Crippen LogP contribution in [0.5, 0.6) is 5.75 Å². The summed E-state index contributed by atoms with van der Waals surface area (Å²) in [6, 6.07) is 18.0. The smallest absolute Gasteiger partial charge is 0.148 e. The predicted octanol–water partition coefficient (Wildman–Crippen LogP) is 3.97. The minimum absolute atomic E-state index is 0.207. The van der Waals surface area contributed by atoms with E-state index in [2.05, 4.69) is 6.08 Å². The maximum atomic E-state index is 10.3. The van der Waals surface area contributed by atoms with Crippen molar-refractivity contribution in [1.29, 1.82) is 0 Å². The Morgan fingerprint density at radius 2 is 1.75 bits per heavy atom. The molecule has 20 heavy (non-hydrogen) atoms. The second kappa shape index (κ2) is 5.51. The summed E-state index contributed by atoms with van der Waals surface area (Å²) in [5.41, 5.74) is 3.03. The van der Waals surface area contributed by atoms with Crippen molar-refractivity contribution in [3.05, 3.63) is 71.3 Å². The summed E-state index contributed by atoms with van der Waals surface area (Å²) < 4.78 is 6.13. The van der Waals surface area contributed by atoms with E-state index in [0.29, 0.717) is 6.42 Å². The van der Waals surface area contributed by atoms with Gasteiger partial charge in [-0.15, -0.1) is 0 Å². The first-order valence-electron chi connectivity index (χ1n) is 6.99. The zero-order valence-electron chi connectivity index (χ0n) is 11.5. The van der Waals surface area contributed by atoms with E-state index < -0.39 is 6.10 Å². The van der Waals surface area contributed by atoms with Gasteiger partial charge in [0.2, 0.25) is 0 Å². The Morgan fingerprint density at radius 3 is 2.50 bits per heavy atom. The second-order valence-electron chi connectivity index (χ2n) is 5.01. The van der Waals surface area contributed by atoms with Crippen molar-refractivity contribution in [3.63, 3.8) is 0 Å². The van der Waals surface area contributed by atoms with Crippen LogP contribution >= 0.6 is 0 Å². The first kappa shape index (κ1) is 12.9. The number of ether oxygens (including phenoxy) is 1. The molecule has 1 aliphatic rings. The van der Waals surface area contributed by atoms with E-state index in [1.807, 2.05) is 61.5 Å². The van der Waals surface area contributed by atoms with Crippen molar-refractivity contribution < 1.29 is 9.84 Å². The minimum Gasteiger partial charge on any atom is -0.481 e. The third-order valence-corrected chi connectivity index (χ3v) is 3.66. The molecule has 2 heteroatoms. The molecule has 102 valence electrons. The Kier molecular flexibility index (Phi) is 3.57. The Morgan fingerprint density at radius 1 is 1.05 bits per heavy atom. The van der Waals surface area contributed by atoms with Gasteiger partial charge < -0.3 is 9.84 Å². The number of benzene rings is 2. The molecular weight excluding hydrogens is 248 g/mol. The molecule has 0 saturated carbocycles. The molecule has 0 saturated heterocycles. The van der Waals surface area contributed by atoms with Crippen molar-refractivity contribution in [2.45, 2.75) is 25.6 Å². The molecule has 1 N–H and O–H groups in total. The van der Waals surface area contributed by atoms with Crippen molar-refractivity contribution in [2.24, 2.45) is 0 Å². The summed E-state index contributed by atoms with van der Waals surface area (Å²) in [4.78, 5) is 0. The maximum Gasteiger partial charge on any atom is 0.148 e. The van der Waals surface area contributed by atoms with E-state index in [9.17, 15) is 5.11 Å². The largest absolute Gasteiger partial charge is 0.481 e. The van der Waals surface area contributed by atoms with Gasteiger partial charge in [0, 0.05) is 11.1 Å². The molecule has 3 rings (SSSR count). The van der Waals surface area contributed by atoms with E-state index in [0.717, 1.165) is 22.4 Å². The van der Waals surface area contributed by atoms with Gasteiger partial charge in [-0.25, -0.2) is 0 Å². The van der Waals surface area contributed by atoms with Gasteiger partial charge in [-0.3, -0.25) is 0 Å². The van der Waals surface area contributed by atoms with Crippen LogP contribution in [-0.2, 0) is 0 Å². The van der Waals surface area contributed by atoms with Crippen molar-refractivity contribution in [1.82, 2.24) is 0 Å². The average Bonchev–Trinajstić information content (AvgIpc) is 2.53. The van der Waals surface area contributed by atoms with Gasteiger partial charge in [0.1, 0.15) is 11.9 Å². The third kappa shape index (κ3) is 2.35. The fraction of sp³-hybridized carbons (Fsp3) is 0.222. The fourth-order valence-electron chi connectivity index (χ4n) is 2.55. The summed E-state index contributed by atoms with van der Waals surface area (Å²) in [7, 11) is 0. The molecular formula is C18H18O2. The molecule has 2 nitrogen and oxygen atoms in total. The molecule has 0 aromatic heterocycles. The standard InChI is InChI=1S/C18H18O2/c1-2-16(19)15-12-14-10-6-7-11-17(14)20-18(15)13-8-4-3-5-9-13/h3-12,16,18-19H,2H2,1H3/t16-,18+/m1/s1. The highest BCUT2D eigenvalue weighted by molar-refractivity contribution is 5.64. The zero-order valence-corrected chi connectivity index (χ0v) is 11.5. The first-order valence-corrected chi connectivity index (χ1v) is 6.99. The zero-order chi connectivity index (χ0) is 13.9. The number of aliphatic hydroxyl groups excluding tert-OH is 1. The van der Waals surface area contributed by atoms with Crippen molar-refractivity contribution >= 4 is 6.08 Å². The lowest BCUT2D eigenvalue weighted by Crippen LogP contribution is -2.23. The first-order chi connectivity index (χ1) is 9.79. The molecule has 0 spiro atoms. The van der Waals surface area contributed by atoms with Crippen LogP contribution in [0.25, 0.3) is 6.08 Å². The molecule has 2 atom stereocenters. The summed E-state index contributed by atoms with van der Waals surface area (Å²) in [6.07, 6.45) is 2.06. The highest BCUT2D eigenvalue weighted by Crippen LogP contribution is 2.38. The molecule has 0 radical (unpaired) electrons. The number of fused-ring (bicyclic) bond motifs is 1. The Hall–Kier alpha value is -2.06. The van der Waals surface area contributed by atoms with Gasteiger partial charge in [0.25, 0.3) is 0 Å². The molecule has 0 aliphatic carbocycles. The monoisotopic (exact) mass is 266 g/mol. The van der Waals surface area contributed by atoms with Crippen LogP contribution in [0, 0.1) is 0 Å². The average molecular weight is 266 g/mol. The van der Waals surface area contributed by atoms with Crippen LogP contribution in [0.4, 0.5) is 0 Å². The highest BCUT2D eigenvalue weighted by Gasteiger charge is 2.27. The molecule has 2 aromatic rings. The van der Waals surface area contributed by atoms with Crippen LogP contribution in [0.2, 0.25) is 0 Å². The summed E-state index contributed by atoms with van der Waals surface area (Å²) >= 11 is 0. The van der Waals surface area contributed by atoms with Crippen LogP contribution in [-0.4, -0.2) is 11.2 Å². The SMILES string of the molecule is CC[C@@H](O)C1=Cc2ccccc2O[C@H]1c1ccccc1. The van der Waals surface area contributed by atoms with Crippen LogP contribution in [0.1, 0.15) is 30.6 Å². The number of hydrogen-bond donors (Lipinski definition) is 1. The van der Waals surface area contributed by atoms with Crippen LogP contribution < -0.4 is 4.74 Å². The minimum atomic E-state index is -0.478. The van der Waals surface area contributed by atoms with E-state index in [4.69, 9.17) is 4.74 Å². The van der Waals surface area contributed by atoms with Gasteiger partial charge in [-0.2, -0.15) is 0 Å².